The molecule has 0 aliphatic carbocycles. The van der Waals surface area contributed by atoms with Crippen LogP contribution in [0, 0.1) is 5.41 Å². The van der Waals surface area contributed by atoms with Gasteiger partial charge in [-0.15, -0.1) is 12.4 Å². The van der Waals surface area contributed by atoms with Crippen LogP contribution in [0.1, 0.15) is 6.92 Å². The molecule has 0 aromatic heterocycles. The molecule has 6 heavy (non-hydrogen) atoms. The van der Waals surface area contributed by atoms with Crippen molar-refractivity contribution in [3.8, 4) is 0 Å². The molecule has 0 radical (unpaired) electrons. The van der Waals surface area contributed by atoms with Gasteiger partial charge in [0.15, 0.2) is 0 Å². The monoisotopic (exact) mass is 107 g/mol. The summed E-state index contributed by atoms with van der Waals surface area (Å²) < 4.78 is 0. The molecule has 2 N–H and O–H groups in total. The van der Waals surface area contributed by atoms with Crippen LogP contribution < -0.4 is 0 Å². The van der Waals surface area contributed by atoms with Gasteiger partial charge in [0.05, 0.1) is 0 Å². The van der Waals surface area contributed by atoms with Crippen LogP contribution in [0.2, 0.25) is 0 Å². The van der Waals surface area contributed by atoms with Gasteiger partial charge in [-0.25, -0.2) is 0 Å². The lowest BCUT2D eigenvalue weighted by molar-refractivity contribution is 0.423. The second-order valence-electron chi connectivity index (χ2n) is 0.710. The van der Waals surface area contributed by atoms with E-state index in [4.69, 9.17) is 10.5 Å². The minimum absolute atomic E-state index is 0. The maximum Gasteiger partial charge on any atom is 0.150 e. The highest BCUT2D eigenvalue weighted by Gasteiger charge is 1.62. The smallest absolute Gasteiger partial charge is 0.150 e. The third-order valence-electron chi connectivity index (χ3n) is 0.181. The predicted molar refractivity (Wildman–Crippen MR) is 26.8 cm³/mol. The molecule has 0 bridgehead atoms. The van der Waals surface area contributed by atoms with E-state index in [-0.39, 0.29) is 18.2 Å². The van der Waals surface area contributed by atoms with Gasteiger partial charge in [0.25, 0.3) is 0 Å². The van der Waals surface area contributed by atoms with Gasteiger partial charge in [0.2, 0.25) is 0 Å². The molecule has 0 fully saturated rings. The Morgan fingerprint density at radius 2 is 2.00 bits per heavy atom. The quantitative estimate of drug-likeness (QED) is 0.354. The Morgan fingerprint density at radius 3 is 2.00 bits per heavy atom. The molecule has 0 saturated heterocycles. The number of aliphatic hydroxyl groups excluding tert-OH is 1. The van der Waals surface area contributed by atoms with Gasteiger partial charge in [-0.05, 0) is 0 Å². The molecule has 3 heteroatoms. The molecule has 0 aromatic rings. The highest BCUT2D eigenvalue weighted by Crippen LogP contribution is 1.65. The summed E-state index contributed by atoms with van der Waals surface area (Å²) in [5.74, 6) is 1.67. The fourth-order valence-corrected chi connectivity index (χ4v) is 0. The van der Waals surface area contributed by atoms with Crippen LogP contribution >= 0.6 is 12.4 Å². The van der Waals surface area contributed by atoms with Crippen LogP contribution in [-0.4, -0.2) is 11.0 Å². The molecule has 0 aliphatic heterocycles. The summed E-state index contributed by atoms with van der Waals surface area (Å²) in [6, 6.07) is 0. The van der Waals surface area contributed by atoms with Crippen molar-refractivity contribution in [3.63, 3.8) is 0 Å². The summed E-state index contributed by atoms with van der Waals surface area (Å²) in [4.78, 5) is 0. The van der Waals surface area contributed by atoms with Crippen LogP contribution in [0.4, 0.5) is 0 Å². The Bertz CT molecular complexity index is 70.9. The van der Waals surface area contributed by atoms with Crippen molar-refractivity contribution in [2.24, 2.45) is 0 Å². The van der Waals surface area contributed by atoms with E-state index in [9.17, 15) is 0 Å². The van der Waals surface area contributed by atoms with Crippen molar-refractivity contribution in [2.45, 2.75) is 6.92 Å². The van der Waals surface area contributed by atoms with Crippen LogP contribution in [0.15, 0.2) is 5.76 Å². The molecule has 0 spiro atoms. The van der Waals surface area contributed by atoms with Gasteiger partial charge in [-0.2, -0.15) is 0 Å². The van der Waals surface area contributed by atoms with Gasteiger partial charge in [-0.3, -0.25) is 5.41 Å². The maximum absolute atomic E-state index is 7.98. The molecular weight excluding hydrogens is 101 g/mol. The molecule has 0 heterocycles. The van der Waals surface area contributed by atoms with Crippen molar-refractivity contribution in [2.75, 3.05) is 0 Å². The average molecular weight is 108 g/mol. The second-order valence-corrected chi connectivity index (χ2v) is 0.710. The predicted octanol–water partition coefficient (Wildman–Crippen LogP) is 1.12. The minimum Gasteiger partial charge on any atom is -0.503 e. The standard InChI is InChI=1S/C3H5NO.ClH/c1-3(5)2-4;/h4-5H,1H3;1H. The topological polar surface area (TPSA) is 44.1 Å². The van der Waals surface area contributed by atoms with Crippen LogP contribution in [-0.2, 0) is 0 Å². The van der Waals surface area contributed by atoms with Gasteiger partial charge < -0.3 is 5.11 Å². The first kappa shape index (κ1) is 9.11. The molecule has 0 amide bonds. The summed E-state index contributed by atoms with van der Waals surface area (Å²) in [5.41, 5.74) is 0. The minimum atomic E-state index is -0.0787. The van der Waals surface area contributed by atoms with E-state index in [1.54, 1.807) is 5.87 Å². The Labute approximate surface area is 42.4 Å². The Kier molecular flexibility index (Phi) is 6.89. The van der Waals surface area contributed by atoms with Gasteiger partial charge in [0, 0.05) is 12.8 Å². The number of allylic oxidation sites excluding steroid dienone is 1. The van der Waals surface area contributed by atoms with Gasteiger partial charge in [-0.1, -0.05) is 0 Å². The zero-order chi connectivity index (χ0) is 4.28. The molecular formula is C3H6ClNO. The highest BCUT2D eigenvalue weighted by atomic mass is 35.5. The maximum atomic E-state index is 7.98. The molecule has 2 nitrogen and oxygen atoms in total. The molecule has 0 saturated carbocycles. The van der Waals surface area contributed by atoms with Crippen LogP contribution in [0.3, 0.4) is 0 Å². The molecule has 0 aromatic carbocycles. The highest BCUT2D eigenvalue weighted by molar-refractivity contribution is 5.85. The van der Waals surface area contributed by atoms with Crippen LogP contribution in [0.5, 0.6) is 0 Å². The van der Waals surface area contributed by atoms with Crippen LogP contribution in [0.25, 0.3) is 0 Å². The summed E-state index contributed by atoms with van der Waals surface area (Å²) in [6.45, 7) is 1.40. The number of hydrogen-bond donors (Lipinski definition) is 2. The summed E-state index contributed by atoms with van der Waals surface area (Å²) in [7, 11) is 0. The van der Waals surface area contributed by atoms with E-state index in [1.807, 2.05) is 0 Å². The molecule has 0 unspecified atom stereocenters. The number of aliphatic hydroxyl groups is 1. The van der Waals surface area contributed by atoms with Crippen molar-refractivity contribution in [1.29, 1.82) is 5.41 Å². The Hall–Kier alpha value is -0.460. The fourth-order valence-electron chi connectivity index (χ4n) is 0. The zero-order valence-corrected chi connectivity index (χ0v) is 4.17. The van der Waals surface area contributed by atoms with E-state index in [0.29, 0.717) is 0 Å². The first-order chi connectivity index (χ1) is 2.27. The Morgan fingerprint density at radius 1 is 1.83 bits per heavy atom. The van der Waals surface area contributed by atoms with E-state index in [0.717, 1.165) is 0 Å². The molecule has 0 aliphatic rings. The largest absolute Gasteiger partial charge is 0.503 e. The SMILES string of the molecule is CC(O)=C=N.Cl. The van der Waals surface area contributed by atoms with E-state index < -0.39 is 0 Å². The molecule has 0 atom stereocenters. The lowest BCUT2D eigenvalue weighted by Gasteiger charge is -1.67. The van der Waals surface area contributed by atoms with Crippen molar-refractivity contribution in [1.82, 2.24) is 0 Å². The molecule has 36 valence electrons. The van der Waals surface area contributed by atoms with Gasteiger partial charge >= 0.3 is 0 Å². The third-order valence-corrected chi connectivity index (χ3v) is 0.181. The third kappa shape index (κ3) is 9.63. The zero-order valence-electron chi connectivity index (χ0n) is 3.36. The first-order valence-corrected chi connectivity index (χ1v) is 1.22. The van der Waals surface area contributed by atoms with Crippen molar-refractivity contribution >= 4 is 18.3 Å². The summed E-state index contributed by atoms with van der Waals surface area (Å²) in [6.07, 6.45) is 0. The number of hydrogen-bond acceptors (Lipinski definition) is 2. The van der Waals surface area contributed by atoms with Gasteiger partial charge in [0.1, 0.15) is 5.76 Å². The molecule has 0 rings (SSSR count). The Balaban J connectivity index is 0. The lowest BCUT2D eigenvalue weighted by Crippen LogP contribution is -1.63. The van der Waals surface area contributed by atoms with Crippen molar-refractivity contribution < 1.29 is 5.11 Å². The second kappa shape index (κ2) is 4.54. The number of halogens is 1. The van der Waals surface area contributed by atoms with Crippen molar-refractivity contribution in [3.05, 3.63) is 5.76 Å². The summed E-state index contributed by atoms with van der Waals surface area (Å²) in [5, 5.41) is 14.1. The average Bonchev–Trinajstić information content (AvgIpc) is 1.38. The number of rotatable bonds is 0. The normalized spacial score (nSPS) is 4.83. The first-order valence-electron chi connectivity index (χ1n) is 1.22. The van der Waals surface area contributed by atoms with E-state index >= 15 is 0 Å². The summed E-state index contributed by atoms with van der Waals surface area (Å²) >= 11 is 0. The van der Waals surface area contributed by atoms with E-state index in [1.165, 1.54) is 6.92 Å². The number of nitrogens with one attached hydrogen (secondary N) is 1. The van der Waals surface area contributed by atoms with E-state index in [2.05, 4.69) is 0 Å². The lowest BCUT2D eigenvalue weighted by atomic mass is 10.7. The fraction of sp³-hybridized carbons (Fsp3) is 0.333.